The first-order chi connectivity index (χ1) is 8.80. The molecule has 0 amide bonds. The lowest BCUT2D eigenvalue weighted by Gasteiger charge is -2.22. The van der Waals surface area contributed by atoms with E-state index in [4.69, 9.17) is 0 Å². The maximum atomic E-state index is 12.1. The standard InChI is InChI=1S/C10H14BrNO4S3/c11-9-1-4-17-10(9)7-12-19(15,16)8-2-5-18(13,14)6-3-8/h1,4,8,12H,2-3,5-7H2. The average molecular weight is 388 g/mol. The number of hydrogen-bond donors (Lipinski definition) is 1. The third kappa shape index (κ3) is 4.01. The van der Waals surface area contributed by atoms with Crippen LogP contribution in [0, 0.1) is 0 Å². The SMILES string of the molecule is O=S1(=O)CCC(S(=O)(=O)NCc2sccc2Br)CC1. The Labute approximate surface area is 125 Å². The Morgan fingerprint density at radius 2 is 2.00 bits per heavy atom. The number of rotatable bonds is 4. The molecule has 0 radical (unpaired) electrons. The fraction of sp³-hybridized carbons (Fsp3) is 0.600. The molecule has 1 aliphatic rings. The number of sulfonamides is 1. The maximum Gasteiger partial charge on any atom is 0.214 e. The van der Waals surface area contributed by atoms with E-state index in [1.165, 1.54) is 11.3 Å². The Morgan fingerprint density at radius 3 is 2.53 bits per heavy atom. The van der Waals surface area contributed by atoms with E-state index in [2.05, 4.69) is 20.7 Å². The van der Waals surface area contributed by atoms with Crippen molar-refractivity contribution in [1.29, 1.82) is 0 Å². The normalized spacial score (nSPS) is 20.5. The quantitative estimate of drug-likeness (QED) is 0.848. The van der Waals surface area contributed by atoms with Gasteiger partial charge in [0.15, 0.2) is 0 Å². The molecule has 5 nitrogen and oxygen atoms in total. The molecule has 0 atom stereocenters. The van der Waals surface area contributed by atoms with Crippen LogP contribution in [-0.4, -0.2) is 33.6 Å². The van der Waals surface area contributed by atoms with Crippen LogP contribution >= 0.6 is 27.3 Å². The van der Waals surface area contributed by atoms with Crippen molar-refractivity contribution in [3.63, 3.8) is 0 Å². The van der Waals surface area contributed by atoms with Crippen LogP contribution in [0.3, 0.4) is 0 Å². The summed E-state index contributed by atoms with van der Waals surface area (Å²) in [6.45, 7) is 0.240. The zero-order valence-corrected chi connectivity index (χ0v) is 14.0. The van der Waals surface area contributed by atoms with Crippen LogP contribution in [0.4, 0.5) is 0 Å². The molecule has 1 aromatic rings. The molecule has 1 aromatic heterocycles. The van der Waals surface area contributed by atoms with Gasteiger partial charge in [0.2, 0.25) is 10.0 Å². The molecule has 2 rings (SSSR count). The van der Waals surface area contributed by atoms with Crippen LogP contribution in [0.15, 0.2) is 15.9 Å². The smallest absolute Gasteiger partial charge is 0.214 e. The molecule has 0 bridgehead atoms. The van der Waals surface area contributed by atoms with E-state index in [-0.39, 0.29) is 30.9 Å². The van der Waals surface area contributed by atoms with Gasteiger partial charge in [-0.25, -0.2) is 21.6 Å². The summed E-state index contributed by atoms with van der Waals surface area (Å²) in [4.78, 5) is 0.909. The summed E-state index contributed by atoms with van der Waals surface area (Å²) in [6, 6.07) is 1.86. The molecular weight excluding hydrogens is 374 g/mol. The van der Waals surface area contributed by atoms with E-state index in [9.17, 15) is 16.8 Å². The monoisotopic (exact) mass is 387 g/mol. The second-order valence-corrected chi connectivity index (χ2v) is 10.6. The first-order valence-corrected chi connectivity index (χ1v) is 10.7. The minimum absolute atomic E-state index is 0.0404. The molecule has 108 valence electrons. The van der Waals surface area contributed by atoms with Gasteiger partial charge >= 0.3 is 0 Å². The molecule has 19 heavy (non-hydrogen) atoms. The maximum absolute atomic E-state index is 12.1. The highest BCUT2D eigenvalue weighted by atomic mass is 79.9. The highest BCUT2D eigenvalue weighted by Crippen LogP contribution is 2.24. The van der Waals surface area contributed by atoms with Crippen LogP contribution < -0.4 is 4.72 Å². The second-order valence-electron chi connectivity index (χ2n) is 4.41. The Bertz CT molecular complexity index is 636. The number of sulfone groups is 1. The van der Waals surface area contributed by atoms with Gasteiger partial charge in [-0.2, -0.15) is 0 Å². The third-order valence-corrected chi connectivity index (χ3v) is 8.60. The summed E-state index contributed by atoms with van der Waals surface area (Å²) in [5.74, 6) is -0.0808. The Hall–Kier alpha value is 0.0400. The van der Waals surface area contributed by atoms with Gasteiger partial charge in [-0.1, -0.05) is 0 Å². The first kappa shape index (κ1) is 15.4. The van der Waals surface area contributed by atoms with Crippen LogP contribution in [0.1, 0.15) is 17.7 Å². The van der Waals surface area contributed by atoms with Crippen molar-refractivity contribution in [1.82, 2.24) is 4.72 Å². The van der Waals surface area contributed by atoms with Gasteiger partial charge in [0.25, 0.3) is 0 Å². The molecule has 0 unspecified atom stereocenters. The van der Waals surface area contributed by atoms with E-state index in [0.29, 0.717) is 0 Å². The lowest BCUT2D eigenvalue weighted by atomic mass is 10.2. The molecule has 0 aromatic carbocycles. The fourth-order valence-corrected chi connectivity index (χ4v) is 6.66. The Morgan fingerprint density at radius 1 is 1.37 bits per heavy atom. The molecular formula is C10H14BrNO4S3. The lowest BCUT2D eigenvalue weighted by Crippen LogP contribution is -2.39. The van der Waals surface area contributed by atoms with Gasteiger partial charge in [-0.3, -0.25) is 0 Å². The number of hydrogen-bond acceptors (Lipinski definition) is 5. The van der Waals surface area contributed by atoms with E-state index in [1.54, 1.807) is 0 Å². The average Bonchev–Trinajstić information content (AvgIpc) is 2.72. The summed E-state index contributed by atoms with van der Waals surface area (Å²) in [6.07, 6.45) is 0.368. The largest absolute Gasteiger partial charge is 0.229 e. The minimum atomic E-state index is -3.45. The third-order valence-electron chi connectivity index (χ3n) is 3.07. The van der Waals surface area contributed by atoms with Crippen molar-refractivity contribution >= 4 is 47.1 Å². The summed E-state index contributed by atoms with van der Waals surface area (Å²) in [5, 5.41) is 1.27. The van der Waals surface area contributed by atoms with Crippen LogP contribution in [0.25, 0.3) is 0 Å². The molecule has 0 saturated carbocycles. The molecule has 1 fully saturated rings. The van der Waals surface area contributed by atoms with Crippen LogP contribution in [0.5, 0.6) is 0 Å². The fourth-order valence-electron chi connectivity index (χ4n) is 1.91. The number of thiophene rings is 1. The van der Waals surface area contributed by atoms with E-state index in [0.717, 1.165) is 9.35 Å². The minimum Gasteiger partial charge on any atom is -0.229 e. The van der Waals surface area contributed by atoms with Gasteiger partial charge < -0.3 is 0 Å². The highest BCUT2D eigenvalue weighted by molar-refractivity contribution is 9.10. The number of nitrogens with one attached hydrogen (secondary N) is 1. The van der Waals surface area contributed by atoms with Crippen molar-refractivity contribution in [3.8, 4) is 0 Å². The summed E-state index contributed by atoms with van der Waals surface area (Å²) in [5.41, 5.74) is 0. The predicted molar refractivity (Wildman–Crippen MR) is 79.5 cm³/mol. The van der Waals surface area contributed by atoms with E-state index in [1.807, 2.05) is 11.4 Å². The molecule has 1 aliphatic heterocycles. The van der Waals surface area contributed by atoms with Gasteiger partial charge in [-0.05, 0) is 40.2 Å². The summed E-state index contributed by atoms with van der Waals surface area (Å²) >= 11 is 4.81. The molecule has 0 spiro atoms. The Kier molecular flexibility index (Phi) is 4.71. The van der Waals surface area contributed by atoms with Crippen molar-refractivity contribution < 1.29 is 16.8 Å². The van der Waals surface area contributed by atoms with E-state index >= 15 is 0 Å². The molecule has 2 heterocycles. The second kappa shape index (κ2) is 5.80. The summed E-state index contributed by atoms with van der Waals surface area (Å²) < 4.78 is 50.2. The molecule has 9 heteroatoms. The van der Waals surface area contributed by atoms with Crippen LogP contribution in [-0.2, 0) is 26.4 Å². The van der Waals surface area contributed by atoms with Gasteiger partial charge in [0, 0.05) is 15.9 Å². The van der Waals surface area contributed by atoms with Gasteiger partial charge in [0.05, 0.1) is 16.8 Å². The highest BCUT2D eigenvalue weighted by Gasteiger charge is 2.32. The number of halogens is 1. The predicted octanol–water partition coefficient (Wildman–Crippen LogP) is 1.51. The van der Waals surface area contributed by atoms with Crippen molar-refractivity contribution in [3.05, 3.63) is 20.8 Å². The molecule has 1 saturated heterocycles. The van der Waals surface area contributed by atoms with Gasteiger partial charge in [0.1, 0.15) is 9.84 Å². The van der Waals surface area contributed by atoms with Crippen molar-refractivity contribution in [2.75, 3.05) is 11.5 Å². The van der Waals surface area contributed by atoms with E-state index < -0.39 is 25.1 Å². The first-order valence-electron chi connectivity index (χ1n) is 5.71. The zero-order chi connectivity index (χ0) is 14.1. The molecule has 0 aliphatic carbocycles. The van der Waals surface area contributed by atoms with Crippen molar-refractivity contribution in [2.24, 2.45) is 0 Å². The van der Waals surface area contributed by atoms with Crippen molar-refractivity contribution in [2.45, 2.75) is 24.6 Å². The Balaban J connectivity index is 1.98. The molecule has 1 N–H and O–H groups in total. The summed E-state index contributed by atoms with van der Waals surface area (Å²) in [7, 11) is -6.49. The topological polar surface area (TPSA) is 80.3 Å². The zero-order valence-electron chi connectivity index (χ0n) is 10.0. The van der Waals surface area contributed by atoms with Crippen LogP contribution in [0.2, 0.25) is 0 Å². The van der Waals surface area contributed by atoms with Gasteiger partial charge in [-0.15, -0.1) is 11.3 Å². The lowest BCUT2D eigenvalue weighted by molar-refractivity contribution is 0.542.